The first-order valence-electron chi connectivity index (χ1n) is 7.89. The zero-order chi connectivity index (χ0) is 18.3. The smallest absolute Gasteiger partial charge is 0.266 e. The zero-order valence-corrected chi connectivity index (χ0v) is 15.0. The van der Waals surface area contributed by atoms with Crippen molar-refractivity contribution in [3.8, 4) is 11.5 Å². The van der Waals surface area contributed by atoms with Gasteiger partial charge in [-0.1, -0.05) is 0 Å². The molecule has 8 nitrogen and oxygen atoms in total. The Morgan fingerprint density at radius 1 is 1.16 bits per heavy atom. The third kappa shape index (κ3) is 5.04. The van der Waals surface area contributed by atoms with Crippen LogP contribution in [-0.2, 0) is 16.6 Å². The maximum atomic E-state index is 12.6. The lowest BCUT2D eigenvalue weighted by molar-refractivity contribution is 0.322. The molecule has 0 bridgehead atoms. The van der Waals surface area contributed by atoms with Gasteiger partial charge in [0.15, 0.2) is 0 Å². The average molecular weight is 367 g/mol. The second-order valence-electron chi connectivity index (χ2n) is 4.96. The number of rotatable bonds is 9. The Labute approximate surface area is 146 Å². The monoisotopic (exact) mass is 367 g/mol. The molecule has 0 aliphatic carbocycles. The van der Waals surface area contributed by atoms with Crippen molar-refractivity contribution in [2.75, 3.05) is 19.8 Å². The Morgan fingerprint density at radius 3 is 2.60 bits per heavy atom. The Balaban J connectivity index is 2.18. The number of nitrogens with one attached hydrogen (secondary N) is 1. The van der Waals surface area contributed by atoms with Crippen LogP contribution in [0.3, 0.4) is 0 Å². The van der Waals surface area contributed by atoms with Crippen molar-refractivity contribution in [1.82, 2.24) is 14.5 Å². The van der Waals surface area contributed by atoms with Crippen LogP contribution in [0.4, 0.5) is 0 Å². The van der Waals surface area contributed by atoms with Gasteiger partial charge < -0.3 is 9.47 Å². The molecular weight excluding hydrogens is 346 g/mol. The summed E-state index contributed by atoms with van der Waals surface area (Å²) in [5.74, 6) is 0.681. The van der Waals surface area contributed by atoms with E-state index in [2.05, 4.69) is 9.82 Å². The van der Waals surface area contributed by atoms with Crippen LogP contribution in [0.1, 0.15) is 13.8 Å². The molecule has 0 unspecified atom stereocenters. The van der Waals surface area contributed by atoms with Crippen LogP contribution in [0.5, 0.6) is 11.5 Å². The molecule has 9 heteroatoms. The average Bonchev–Trinajstić information content (AvgIpc) is 2.58. The predicted molar refractivity (Wildman–Crippen MR) is 92.5 cm³/mol. The maximum Gasteiger partial charge on any atom is 0.266 e. The summed E-state index contributed by atoms with van der Waals surface area (Å²) < 4.78 is 39.6. The minimum absolute atomic E-state index is 0.00586. The Bertz CT molecular complexity index is 864. The molecule has 0 fully saturated rings. The lowest BCUT2D eigenvalue weighted by atomic mass is 10.3. The van der Waals surface area contributed by atoms with Gasteiger partial charge in [-0.3, -0.25) is 4.79 Å². The molecule has 0 atom stereocenters. The van der Waals surface area contributed by atoms with E-state index in [0.29, 0.717) is 19.0 Å². The largest absolute Gasteiger partial charge is 0.494 e. The van der Waals surface area contributed by atoms with Crippen LogP contribution >= 0.6 is 0 Å². The van der Waals surface area contributed by atoms with Gasteiger partial charge >= 0.3 is 0 Å². The van der Waals surface area contributed by atoms with Gasteiger partial charge in [-0.15, -0.1) is 0 Å². The van der Waals surface area contributed by atoms with Crippen LogP contribution in [0.15, 0.2) is 46.2 Å². The van der Waals surface area contributed by atoms with Crippen molar-refractivity contribution in [3.05, 3.63) is 46.9 Å². The van der Waals surface area contributed by atoms with E-state index in [1.54, 1.807) is 19.1 Å². The quantitative estimate of drug-likeness (QED) is 0.710. The Hall–Kier alpha value is -2.39. The molecule has 0 radical (unpaired) electrons. The fourth-order valence-electron chi connectivity index (χ4n) is 2.15. The highest BCUT2D eigenvalue weighted by molar-refractivity contribution is 7.89. The number of benzene rings is 1. The third-order valence-corrected chi connectivity index (χ3v) is 4.70. The van der Waals surface area contributed by atoms with Gasteiger partial charge in [0, 0.05) is 24.9 Å². The van der Waals surface area contributed by atoms with Crippen molar-refractivity contribution < 1.29 is 17.9 Å². The van der Waals surface area contributed by atoms with Crippen LogP contribution in [-0.4, -0.2) is 38.0 Å². The summed E-state index contributed by atoms with van der Waals surface area (Å²) >= 11 is 0. The van der Waals surface area contributed by atoms with E-state index in [9.17, 15) is 13.2 Å². The Kier molecular flexibility index (Phi) is 6.54. The first kappa shape index (κ1) is 18.9. The molecule has 0 spiro atoms. The van der Waals surface area contributed by atoms with Crippen molar-refractivity contribution in [3.63, 3.8) is 0 Å². The first-order valence-corrected chi connectivity index (χ1v) is 9.37. The van der Waals surface area contributed by atoms with Crippen LogP contribution in [0.25, 0.3) is 0 Å². The molecule has 0 saturated heterocycles. The molecule has 0 saturated carbocycles. The summed E-state index contributed by atoms with van der Waals surface area (Å²) in [7, 11) is -3.84. The lowest BCUT2D eigenvalue weighted by Crippen LogP contribution is -2.31. The summed E-state index contributed by atoms with van der Waals surface area (Å²) in [6, 6.07) is 7.52. The van der Waals surface area contributed by atoms with Gasteiger partial charge in [-0.05, 0) is 32.0 Å². The molecule has 1 aromatic carbocycles. The summed E-state index contributed by atoms with van der Waals surface area (Å²) in [6.07, 6.45) is 1.47. The molecule has 0 aliphatic heterocycles. The summed E-state index contributed by atoms with van der Waals surface area (Å²) in [5.41, 5.74) is -0.296. The first-order chi connectivity index (χ1) is 12.0. The molecule has 25 heavy (non-hydrogen) atoms. The highest BCUT2D eigenvalue weighted by Crippen LogP contribution is 2.28. The zero-order valence-electron chi connectivity index (χ0n) is 14.1. The van der Waals surface area contributed by atoms with Gasteiger partial charge in [0.1, 0.15) is 16.4 Å². The molecule has 136 valence electrons. The second-order valence-corrected chi connectivity index (χ2v) is 6.69. The highest BCUT2D eigenvalue weighted by Gasteiger charge is 2.20. The van der Waals surface area contributed by atoms with Gasteiger partial charge in [-0.2, -0.15) is 5.10 Å². The van der Waals surface area contributed by atoms with Gasteiger partial charge in [0.25, 0.3) is 5.56 Å². The van der Waals surface area contributed by atoms with E-state index in [0.717, 1.165) is 0 Å². The fraction of sp³-hybridized carbons (Fsp3) is 0.375. The number of hydrogen-bond acceptors (Lipinski definition) is 6. The standard InChI is InChI=1S/C16H21N3O5S/c1-3-23-13-7-8-14(24-4-2)15(12-13)25(21,22)18-10-11-19-16(20)6-5-9-17-19/h5-9,12,18H,3-4,10-11H2,1-2H3. The lowest BCUT2D eigenvalue weighted by Gasteiger charge is -2.14. The van der Waals surface area contributed by atoms with Gasteiger partial charge in [-0.25, -0.2) is 17.8 Å². The van der Waals surface area contributed by atoms with Crippen LogP contribution in [0.2, 0.25) is 0 Å². The minimum Gasteiger partial charge on any atom is -0.494 e. The normalized spacial score (nSPS) is 11.3. The van der Waals surface area contributed by atoms with E-state index in [4.69, 9.17) is 9.47 Å². The second kappa shape index (κ2) is 8.63. The molecule has 1 N–H and O–H groups in total. The van der Waals surface area contributed by atoms with Crippen molar-refractivity contribution in [2.24, 2.45) is 0 Å². The molecule has 1 aromatic heterocycles. The van der Waals surface area contributed by atoms with Gasteiger partial charge in [0.2, 0.25) is 10.0 Å². The number of aromatic nitrogens is 2. The predicted octanol–water partition coefficient (Wildman–Crippen LogP) is 1.02. The molecule has 1 heterocycles. The number of sulfonamides is 1. The number of nitrogens with zero attached hydrogens (tertiary/aromatic N) is 2. The van der Waals surface area contributed by atoms with E-state index in [1.807, 2.05) is 6.92 Å². The number of hydrogen-bond donors (Lipinski definition) is 1. The van der Waals surface area contributed by atoms with Crippen LogP contribution < -0.4 is 19.8 Å². The molecule has 0 aliphatic rings. The molecule has 2 rings (SSSR count). The van der Waals surface area contributed by atoms with Gasteiger partial charge in [0.05, 0.1) is 19.8 Å². The SMILES string of the molecule is CCOc1ccc(OCC)c(S(=O)(=O)NCCn2ncccc2=O)c1. The van der Waals surface area contributed by atoms with E-state index < -0.39 is 10.0 Å². The summed E-state index contributed by atoms with van der Waals surface area (Å²) in [5, 5.41) is 3.88. The minimum atomic E-state index is -3.84. The molecule has 2 aromatic rings. The van der Waals surface area contributed by atoms with E-state index >= 15 is 0 Å². The maximum absolute atomic E-state index is 12.6. The molecule has 0 amide bonds. The Morgan fingerprint density at radius 2 is 1.92 bits per heavy atom. The topological polar surface area (TPSA) is 99.5 Å². The van der Waals surface area contributed by atoms with E-state index in [1.165, 1.54) is 29.1 Å². The summed E-state index contributed by atoms with van der Waals surface area (Å²) in [4.78, 5) is 11.6. The molecular formula is C16H21N3O5S. The fourth-order valence-corrected chi connectivity index (χ4v) is 3.33. The summed E-state index contributed by atoms with van der Waals surface area (Å²) in [6.45, 7) is 4.47. The van der Waals surface area contributed by atoms with Crippen molar-refractivity contribution in [1.29, 1.82) is 0 Å². The van der Waals surface area contributed by atoms with E-state index in [-0.39, 0.29) is 29.3 Å². The van der Waals surface area contributed by atoms with Crippen LogP contribution in [0, 0.1) is 0 Å². The third-order valence-electron chi connectivity index (χ3n) is 3.22. The number of ether oxygens (including phenoxy) is 2. The van der Waals surface area contributed by atoms with Crippen molar-refractivity contribution in [2.45, 2.75) is 25.3 Å². The highest BCUT2D eigenvalue weighted by atomic mass is 32.2. The van der Waals surface area contributed by atoms with Crippen molar-refractivity contribution >= 4 is 10.0 Å².